The normalized spacial score (nSPS) is 29.5. The monoisotopic (exact) mass is 332 g/mol. The van der Waals surface area contributed by atoms with Crippen LogP contribution in [0.25, 0.3) is 0 Å². The quantitative estimate of drug-likeness (QED) is 0.461. The standard InChI is InChI=1S/C22H36O2/c1-14-8-10-18(21-15(2)9-11-19(14)21)12-16(3)20(24-17(4)23)13-22(5,6)7/h12,14,18-20H,8-11,13H2,1-7H3. The lowest BCUT2D eigenvalue weighted by atomic mass is 9.71. The van der Waals surface area contributed by atoms with Crippen LogP contribution in [0.15, 0.2) is 22.8 Å². The van der Waals surface area contributed by atoms with E-state index in [1.807, 2.05) is 0 Å². The fourth-order valence-corrected chi connectivity index (χ4v) is 4.62. The van der Waals surface area contributed by atoms with Crippen molar-refractivity contribution in [3.63, 3.8) is 0 Å². The van der Waals surface area contributed by atoms with Gasteiger partial charge in [-0.25, -0.2) is 0 Å². The molecule has 2 aliphatic rings. The van der Waals surface area contributed by atoms with Crippen molar-refractivity contribution in [3.8, 4) is 0 Å². The van der Waals surface area contributed by atoms with Gasteiger partial charge < -0.3 is 4.74 Å². The Balaban J connectivity index is 2.23. The smallest absolute Gasteiger partial charge is 0.303 e. The molecule has 0 aromatic rings. The fraction of sp³-hybridized carbons (Fsp3) is 0.773. The van der Waals surface area contributed by atoms with Gasteiger partial charge in [0.05, 0.1) is 0 Å². The van der Waals surface area contributed by atoms with Gasteiger partial charge in [0.25, 0.3) is 0 Å². The summed E-state index contributed by atoms with van der Waals surface area (Å²) in [5.41, 5.74) is 4.68. The molecule has 0 amide bonds. The topological polar surface area (TPSA) is 26.3 Å². The number of hydrogen-bond acceptors (Lipinski definition) is 2. The average molecular weight is 333 g/mol. The molecular formula is C22H36O2. The second-order valence-electron chi connectivity index (χ2n) is 9.32. The average Bonchev–Trinajstić information content (AvgIpc) is 2.82. The molecule has 0 aliphatic heterocycles. The summed E-state index contributed by atoms with van der Waals surface area (Å²) < 4.78 is 5.67. The van der Waals surface area contributed by atoms with Gasteiger partial charge in [0.15, 0.2) is 0 Å². The summed E-state index contributed by atoms with van der Waals surface area (Å²) in [4.78, 5) is 11.6. The fourth-order valence-electron chi connectivity index (χ4n) is 4.62. The first-order valence-corrected chi connectivity index (χ1v) is 9.63. The Morgan fingerprint density at radius 2 is 1.92 bits per heavy atom. The lowest BCUT2D eigenvalue weighted by Gasteiger charge is -2.35. The van der Waals surface area contributed by atoms with E-state index in [9.17, 15) is 4.79 Å². The Morgan fingerprint density at radius 3 is 2.50 bits per heavy atom. The predicted molar refractivity (Wildman–Crippen MR) is 101 cm³/mol. The summed E-state index contributed by atoms with van der Waals surface area (Å²) in [5.74, 6) is 1.97. The minimum atomic E-state index is -0.177. The van der Waals surface area contributed by atoms with Crippen molar-refractivity contribution in [3.05, 3.63) is 22.8 Å². The number of fused-ring (bicyclic) bond motifs is 1. The molecule has 1 fully saturated rings. The second kappa shape index (κ2) is 7.45. The van der Waals surface area contributed by atoms with E-state index in [1.54, 1.807) is 11.1 Å². The first kappa shape index (κ1) is 19.3. The largest absolute Gasteiger partial charge is 0.458 e. The Labute approximate surface area is 148 Å². The van der Waals surface area contributed by atoms with Gasteiger partial charge in [0.2, 0.25) is 0 Å². The van der Waals surface area contributed by atoms with Gasteiger partial charge in [-0.2, -0.15) is 0 Å². The molecule has 2 heteroatoms. The van der Waals surface area contributed by atoms with E-state index in [4.69, 9.17) is 4.74 Å². The van der Waals surface area contributed by atoms with Crippen LogP contribution in [0.4, 0.5) is 0 Å². The third-order valence-corrected chi connectivity index (χ3v) is 5.82. The molecule has 2 aliphatic carbocycles. The van der Waals surface area contributed by atoms with E-state index in [2.05, 4.69) is 47.6 Å². The van der Waals surface area contributed by atoms with Crippen molar-refractivity contribution in [1.29, 1.82) is 0 Å². The van der Waals surface area contributed by atoms with E-state index in [0.29, 0.717) is 5.92 Å². The molecule has 0 aromatic carbocycles. The first-order valence-electron chi connectivity index (χ1n) is 9.63. The van der Waals surface area contributed by atoms with Crippen molar-refractivity contribution in [2.45, 2.75) is 86.7 Å². The SMILES string of the molecule is CC(=O)OC(CC(C)(C)C)C(C)=CC1CCC(C)C2CCC(C)=C12. The van der Waals surface area contributed by atoms with Crippen LogP contribution >= 0.6 is 0 Å². The van der Waals surface area contributed by atoms with Crippen LogP contribution in [0.5, 0.6) is 0 Å². The molecule has 4 unspecified atom stereocenters. The van der Waals surface area contributed by atoms with Gasteiger partial charge in [-0.3, -0.25) is 4.79 Å². The van der Waals surface area contributed by atoms with Crippen LogP contribution in [0.2, 0.25) is 0 Å². The zero-order valence-corrected chi connectivity index (χ0v) is 16.7. The molecule has 2 nitrogen and oxygen atoms in total. The predicted octanol–water partition coefficient (Wildman–Crippen LogP) is 6.07. The summed E-state index contributed by atoms with van der Waals surface area (Å²) in [5, 5.41) is 0. The first-order chi connectivity index (χ1) is 11.1. The van der Waals surface area contributed by atoms with E-state index in [-0.39, 0.29) is 17.5 Å². The van der Waals surface area contributed by atoms with Crippen LogP contribution in [-0.4, -0.2) is 12.1 Å². The minimum Gasteiger partial charge on any atom is -0.458 e. The number of esters is 1. The van der Waals surface area contributed by atoms with Gasteiger partial charge >= 0.3 is 5.97 Å². The molecular weight excluding hydrogens is 296 g/mol. The second-order valence-corrected chi connectivity index (χ2v) is 9.32. The number of ether oxygens (including phenoxy) is 1. The molecule has 0 bridgehead atoms. The number of hydrogen-bond donors (Lipinski definition) is 0. The Morgan fingerprint density at radius 1 is 1.25 bits per heavy atom. The lowest BCUT2D eigenvalue weighted by Crippen LogP contribution is -2.26. The highest BCUT2D eigenvalue weighted by atomic mass is 16.5. The molecule has 0 aromatic heterocycles. The number of rotatable bonds is 4. The zero-order chi connectivity index (χ0) is 18.1. The minimum absolute atomic E-state index is 0.0948. The Hall–Kier alpha value is -1.05. The molecule has 0 saturated heterocycles. The third kappa shape index (κ3) is 4.74. The van der Waals surface area contributed by atoms with Crippen LogP contribution in [0.3, 0.4) is 0 Å². The molecule has 1 saturated carbocycles. The Bertz CT molecular complexity index is 533. The molecule has 0 radical (unpaired) electrons. The van der Waals surface area contributed by atoms with Gasteiger partial charge in [0, 0.05) is 6.92 Å². The molecule has 2 rings (SSSR count). The van der Waals surface area contributed by atoms with Crippen LogP contribution in [0, 0.1) is 23.2 Å². The summed E-state index contributed by atoms with van der Waals surface area (Å²) in [6.45, 7) is 15.0. The maximum absolute atomic E-state index is 11.6. The van der Waals surface area contributed by atoms with E-state index in [1.165, 1.54) is 38.2 Å². The van der Waals surface area contributed by atoms with Crippen molar-refractivity contribution in [2.75, 3.05) is 0 Å². The van der Waals surface area contributed by atoms with Crippen LogP contribution < -0.4 is 0 Å². The third-order valence-electron chi connectivity index (χ3n) is 5.82. The highest BCUT2D eigenvalue weighted by Crippen LogP contribution is 2.48. The maximum atomic E-state index is 11.6. The summed E-state index contributed by atoms with van der Waals surface area (Å²) in [6, 6.07) is 0. The number of allylic oxidation sites excluding steroid dienone is 3. The molecule has 0 spiro atoms. The molecule has 24 heavy (non-hydrogen) atoms. The van der Waals surface area contributed by atoms with Crippen molar-refractivity contribution >= 4 is 5.97 Å². The van der Waals surface area contributed by atoms with Crippen molar-refractivity contribution in [1.82, 2.24) is 0 Å². The van der Waals surface area contributed by atoms with E-state index < -0.39 is 0 Å². The zero-order valence-electron chi connectivity index (χ0n) is 16.7. The summed E-state index contributed by atoms with van der Waals surface area (Å²) >= 11 is 0. The number of carbonyl (C=O) groups is 1. The highest BCUT2D eigenvalue weighted by Gasteiger charge is 2.36. The van der Waals surface area contributed by atoms with E-state index >= 15 is 0 Å². The van der Waals surface area contributed by atoms with Gasteiger partial charge in [0.1, 0.15) is 6.10 Å². The van der Waals surface area contributed by atoms with Crippen molar-refractivity contribution < 1.29 is 9.53 Å². The van der Waals surface area contributed by atoms with Crippen LogP contribution in [0.1, 0.15) is 80.6 Å². The van der Waals surface area contributed by atoms with Gasteiger partial charge in [-0.05, 0) is 74.7 Å². The molecule has 0 heterocycles. The van der Waals surface area contributed by atoms with E-state index in [0.717, 1.165) is 18.3 Å². The Kier molecular flexibility index (Phi) is 5.99. The summed E-state index contributed by atoms with van der Waals surface area (Å²) in [6.07, 6.45) is 8.35. The van der Waals surface area contributed by atoms with Gasteiger partial charge in [-0.1, -0.05) is 44.9 Å². The maximum Gasteiger partial charge on any atom is 0.303 e. The summed E-state index contributed by atoms with van der Waals surface area (Å²) in [7, 11) is 0. The molecule has 4 atom stereocenters. The molecule has 0 N–H and O–H groups in total. The highest BCUT2D eigenvalue weighted by molar-refractivity contribution is 5.66. The van der Waals surface area contributed by atoms with Crippen molar-refractivity contribution in [2.24, 2.45) is 23.2 Å². The molecule has 136 valence electrons. The van der Waals surface area contributed by atoms with Crippen LogP contribution in [-0.2, 0) is 9.53 Å². The van der Waals surface area contributed by atoms with Gasteiger partial charge in [-0.15, -0.1) is 0 Å². The number of carbonyl (C=O) groups excluding carboxylic acids is 1. The lowest BCUT2D eigenvalue weighted by molar-refractivity contribution is -0.145.